The van der Waals surface area contributed by atoms with Gasteiger partial charge in [-0.1, -0.05) is 0 Å². The van der Waals surface area contributed by atoms with Crippen LogP contribution in [0, 0.1) is 0 Å². The van der Waals surface area contributed by atoms with E-state index in [-0.39, 0.29) is 50.8 Å². The van der Waals surface area contributed by atoms with Gasteiger partial charge in [0.2, 0.25) is 0 Å². The molecular formula is C15H27NO8S. The van der Waals surface area contributed by atoms with E-state index in [2.05, 4.69) is 12.6 Å². The van der Waals surface area contributed by atoms with Crippen LogP contribution in [0.5, 0.6) is 0 Å². The summed E-state index contributed by atoms with van der Waals surface area (Å²) in [6.45, 7) is 2.31. The van der Waals surface area contributed by atoms with Crippen molar-refractivity contribution >= 4 is 30.4 Å². The molecule has 0 heterocycles. The second-order valence-electron chi connectivity index (χ2n) is 5.78. The zero-order chi connectivity index (χ0) is 19.4. The molecule has 10 heteroatoms. The highest BCUT2D eigenvalue weighted by molar-refractivity contribution is 7.80. The van der Waals surface area contributed by atoms with Gasteiger partial charge >= 0.3 is 11.9 Å². The maximum Gasteiger partial charge on any atom is 0.313 e. The molecule has 0 saturated carbocycles. The fourth-order valence-electron chi connectivity index (χ4n) is 1.82. The summed E-state index contributed by atoms with van der Waals surface area (Å²) in [4.78, 5) is 34.8. The number of ketones is 1. The lowest BCUT2D eigenvalue weighted by Gasteiger charge is -2.25. The fraction of sp³-hybridized carbons (Fsp3) is 0.800. The van der Waals surface area contributed by atoms with Gasteiger partial charge in [0.05, 0.1) is 12.5 Å². The number of carbonyl (C=O) groups excluding carboxylic acids is 3. The zero-order valence-electron chi connectivity index (χ0n) is 14.5. The third kappa shape index (κ3) is 13.7. The molecule has 25 heavy (non-hydrogen) atoms. The largest absolute Gasteiger partial charge is 0.463 e. The molecule has 0 aliphatic heterocycles. The predicted molar refractivity (Wildman–Crippen MR) is 91.0 cm³/mol. The van der Waals surface area contributed by atoms with Gasteiger partial charge in [-0.25, -0.2) is 0 Å². The maximum absolute atomic E-state index is 11.3. The van der Waals surface area contributed by atoms with Gasteiger partial charge in [-0.05, 0) is 13.8 Å². The molecule has 0 amide bonds. The van der Waals surface area contributed by atoms with Gasteiger partial charge in [0.25, 0.3) is 0 Å². The van der Waals surface area contributed by atoms with Crippen LogP contribution in [0.4, 0.5) is 0 Å². The highest BCUT2D eigenvalue weighted by Gasteiger charge is 2.18. The highest BCUT2D eigenvalue weighted by Crippen LogP contribution is 2.01. The van der Waals surface area contributed by atoms with Gasteiger partial charge < -0.3 is 24.8 Å². The Balaban J connectivity index is 4.12. The molecule has 146 valence electrons. The van der Waals surface area contributed by atoms with Crippen LogP contribution in [0.3, 0.4) is 0 Å². The van der Waals surface area contributed by atoms with E-state index in [0.717, 1.165) is 0 Å². The molecule has 3 atom stereocenters. The van der Waals surface area contributed by atoms with Crippen LogP contribution in [0.15, 0.2) is 0 Å². The minimum atomic E-state index is -1.02. The minimum absolute atomic E-state index is 0.0650. The lowest BCUT2D eigenvalue weighted by atomic mass is 10.3. The van der Waals surface area contributed by atoms with Crippen LogP contribution < -0.4 is 0 Å². The first-order valence-electron chi connectivity index (χ1n) is 7.82. The van der Waals surface area contributed by atoms with Gasteiger partial charge in [-0.15, -0.1) is 0 Å². The third-order valence-electron chi connectivity index (χ3n) is 2.87. The van der Waals surface area contributed by atoms with Crippen molar-refractivity contribution in [2.75, 3.05) is 32.2 Å². The van der Waals surface area contributed by atoms with Crippen LogP contribution >= 0.6 is 12.6 Å². The number of carbonyl (C=O) groups is 3. The van der Waals surface area contributed by atoms with Crippen molar-refractivity contribution in [3.8, 4) is 0 Å². The van der Waals surface area contributed by atoms with E-state index < -0.39 is 30.3 Å². The van der Waals surface area contributed by atoms with Crippen LogP contribution in [-0.2, 0) is 23.9 Å². The van der Waals surface area contributed by atoms with Crippen molar-refractivity contribution in [3.05, 3.63) is 0 Å². The molecule has 0 fully saturated rings. The van der Waals surface area contributed by atoms with Gasteiger partial charge in [0, 0.05) is 19.0 Å². The van der Waals surface area contributed by atoms with Crippen molar-refractivity contribution in [3.63, 3.8) is 0 Å². The number of hydrogen-bond donors (Lipinski definition) is 4. The highest BCUT2D eigenvalue weighted by atomic mass is 32.1. The van der Waals surface area contributed by atoms with Gasteiger partial charge in [0.15, 0.2) is 0 Å². The van der Waals surface area contributed by atoms with E-state index in [9.17, 15) is 24.6 Å². The summed E-state index contributed by atoms with van der Waals surface area (Å²) in [5.74, 6) is -1.46. The van der Waals surface area contributed by atoms with E-state index in [0.29, 0.717) is 0 Å². The first-order chi connectivity index (χ1) is 11.6. The van der Waals surface area contributed by atoms with E-state index in [1.54, 1.807) is 4.90 Å². The molecule has 0 aromatic heterocycles. The second kappa shape index (κ2) is 13.1. The molecule has 0 radical (unpaired) electrons. The van der Waals surface area contributed by atoms with Gasteiger partial charge in [0.1, 0.15) is 37.6 Å². The number of thiol groups is 1. The van der Waals surface area contributed by atoms with Crippen LogP contribution in [-0.4, -0.2) is 88.4 Å². The van der Waals surface area contributed by atoms with Gasteiger partial charge in [-0.2, -0.15) is 12.6 Å². The number of esters is 2. The number of nitrogens with zero attached hydrogens (tertiary/aromatic N) is 1. The lowest BCUT2D eigenvalue weighted by Crippen LogP contribution is -2.40. The Bertz CT molecular complexity index is 432. The average Bonchev–Trinajstić information content (AvgIpc) is 2.49. The number of ether oxygens (including phenoxy) is 2. The van der Waals surface area contributed by atoms with Crippen molar-refractivity contribution in [1.82, 2.24) is 4.90 Å². The number of hydrogen-bond acceptors (Lipinski definition) is 10. The molecule has 3 unspecified atom stereocenters. The molecule has 9 nitrogen and oxygen atoms in total. The first-order valence-corrected chi connectivity index (χ1v) is 8.45. The summed E-state index contributed by atoms with van der Waals surface area (Å²) in [7, 11) is 0. The lowest BCUT2D eigenvalue weighted by molar-refractivity contribution is -0.149. The van der Waals surface area contributed by atoms with Crippen molar-refractivity contribution in [2.45, 2.75) is 45.0 Å². The van der Waals surface area contributed by atoms with Crippen LogP contribution in [0.2, 0.25) is 0 Å². The Kier molecular flexibility index (Phi) is 12.4. The summed E-state index contributed by atoms with van der Waals surface area (Å²) in [5.41, 5.74) is 0. The third-order valence-corrected chi connectivity index (χ3v) is 3.27. The quantitative estimate of drug-likeness (QED) is 0.133. The molecular weight excluding hydrogens is 354 g/mol. The minimum Gasteiger partial charge on any atom is -0.463 e. The summed E-state index contributed by atoms with van der Waals surface area (Å²) in [6, 6.07) is 0. The molecule has 0 bridgehead atoms. The number of aliphatic hydroxyl groups is 3. The molecule has 0 saturated heterocycles. The predicted octanol–water partition coefficient (Wildman–Crippen LogP) is -1.27. The van der Waals surface area contributed by atoms with Crippen molar-refractivity contribution < 1.29 is 39.2 Å². The molecule has 0 rings (SSSR count). The molecule has 3 N–H and O–H groups in total. The van der Waals surface area contributed by atoms with Crippen LogP contribution in [0.25, 0.3) is 0 Å². The van der Waals surface area contributed by atoms with Crippen molar-refractivity contribution in [2.24, 2.45) is 0 Å². The molecule has 0 spiro atoms. The smallest absolute Gasteiger partial charge is 0.313 e. The summed E-state index contributed by atoms with van der Waals surface area (Å²) in [5, 5.41) is 28.7. The fourth-order valence-corrected chi connectivity index (χ4v) is 2.06. The Morgan fingerprint density at radius 2 is 1.48 bits per heavy atom. The standard InChI is InChI=1S/C15H27NO8S/c1-10(17)3-14(21)23-7-12(19)5-16(9-25)6-13(20)8-24-15(22)4-11(2)18/h10,12-13,17,19-20,25H,3-9H2,1-2H3. The van der Waals surface area contributed by atoms with E-state index in [4.69, 9.17) is 14.6 Å². The number of Topliss-reactive ketones (excluding diaryl/α,β-unsaturated/α-hetero) is 1. The number of aliphatic hydroxyl groups excluding tert-OH is 3. The van der Waals surface area contributed by atoms with E-state index in [1.807, 2.05) is 0 Å². The SMILES string of the molecule is CC(=O)CC(=O)OCC(O)CN(CS)CC(O)COC(=O)CC(C)O. The molecule has 0 aliphatic rings. The monoisotopic (exact) mass is 381 g/mol. The Morgan fingerprint density at radius 3 is 1.88 bits per heavy atom. The normalized spacial score (nSPS) is 14.7. The Morgan fingerprint density at radius 1 is 1.00 bits per heavy atom. The van der Waals surface area contributed by atoms with Crippen molar-refractivity contribution in [1.29, 1.82) is 0 Å². The molecule has 0 aromatic rings. The summed E-state index contributed by atoms with van der Waals surface area (Å²) in [6.07, 6.45) is -3.35. The average molecular weight is 381 g/mol. The summed E-state index contributed by atoms with van der Waals surface area (Å²) < 4.78 is 9.58. The van der Waals surface area contributed by atoms with E-state index >= 15 is 0 Å². The second-order valence-corrected chi connectivity index (χ2v) is 6.07. The number of rotatable bonds is 13. The van der Waals surface area contributed by atoms with Crippen LogP contribution in [0.1, 0.15) is 26.7 Å². The maximum atomic E-state index is 11.3. The Hall–Kier alpha value is -1.20. The summed E-state index contributed by atoms with van der Waals surface area (Å²) >= 11 is 4.08. The van der Waals surface area contributed by atoms with E-state index in [1.165, 1.54) is 13.8 Å². The zero-order valence-corrected chi connectivity index (χ0v) is 15.4. The topological polar surface area (TPSA) is 134 Å². The molecule has 0 aromatic carbocycles. The molecule has 0 aliphatic carbocycles. The van der Waals surface area contributed by atoms with Gasteiger partial charge in [-0.3, -0.25) is 19.3 Å². The first kappa shape index (κ1) is 23.8. The Labute approximate surface area is 152 Å².